The fraction of sp³-hybridized carbons (Fsp3) is 0.200. The van der Waals surface area contributed by atoms with E-state index in [1.165, 1.54) is 0 Å². The van der Waals surface area contributed by atoms with Gasteiger partial charge in [-0.3, -0.25) is 0 Å². The Balaban J connectivity index is 1.70. The van der Waals surface area contributed by atoms with E-state index < -0.39 is 0 Å². The van der Waals surface area contributed by atoms with E-state index >= 15 is 0 Å². The van der Waals surface area contributed by atoms with Gasteiger partial charge in [0, 0.05) is 11.6 Å². The summed E-state index contributed by atoms with van der Waals surface area (Å²) in [5, 5.41) is 8.97. The molecule has 1 aliphatic rings. The summed E-state index contributed by atoms with van der Waals surface area (Å²) in [5.74, 6) is 1.53. The monoisotopic (exact) mass is 257 g/mol. The van der Waals surface area contributed by atoms with Crippen LogP contribution in [-0.4, -0.2) is 11.8 Å². The van der Waals surface area contributed by atoms with Crippen LogP contribution in [0.25, 0.3) is 0 Å². The molecule has 2 N–H and O–H groups in total. The van der Waals surface area contributed by atoms with Gasteiger partial charge < -0.3 is 14.7 Å². The van der Waals surface area contributed by atoms with Crippen molar-refractivity contribution in [3.63, 3.8) is 0 Å². The molecule has 98 valence electrons. The van der Waals surface area contributed by atoms with Crippen LogP contribution < -0.4 is 15.0 Å². The van der Waals surface area contributed by atoms with E-state index in [9.17, 15) is 0 Å². The highest BCUT2D eigenvalue weighted by Crippen LogP contribution is 2.35. The summed E-state index contributed by atoms with van der Waals surface area (Å²) in [4.78, 5) is 0. The molecule has 1 heterocycles. The largest absolute Gasteiger partial charge is 0.491 e. The average Bonchev–Trinajstić information content (AvgIpc) is 2.88. The van der Waals surface area contributed by atoms with E-state index in [1.807, 2.05) is 48.5 Å². The van der Waals surface area contributed by atoms with Crippen LogP contribution in [-0.2, 0) is 6.61 Å². The van der Waals surface area contributed by atoms with Crippen molar-refractivity contribution < 1.29 is 14.7 Å². The van der Waals surface area contributed by atoms with Gasteiger partial charge in [-0.1, -0.05) is 30.3 Å². The molecule has 0 spiro atoms. The molecule has 0 aliphatic carbocycles. The minimum Gasteiger partial charge on any atom is -0.491 e. The Kier molecular flexibility index (Phi) is 3.35. The molecule has 0 saturated carbocycles. The van der Waals surface area contributed by atoms with Crippen LogP contribution in [0.3, 0.4) is 0 Å². The van der Waals surface area contributed by atoms with E-state index in [-0.39, 0.29) is 6.04 Å². The predicted octanol–water partition coefficient (Wildman–Crippen LogP) is 2.68. The summed E-state index contributed by atoms with van der Waals surface area (Å²) < 4.78 is 11.2. The van der Waals surface area contributed by atoms with Gasteiger partial charge >= 0.3 is 0 Å². The molecule has 2 aromatic rings. The first-order valence-electron chi connectivity index (χ1n) is 6.20. The van der Waals surface area contributed by atoms with Crippen molar-refractivity contribution in [2.24, 2.45) is 0 Å². The number of hydrogen-bond acceptors (Lipinski definition) is 4. The minimum atomic E-state index is -0.154. The quantitative estimate of drug-likeness (QED) is 0.827. The molecule has 0 aromatic heterocycles. The predicted molar refractivity (Wildman–Crippen MR) is 70.4 cm³/mol. The maximum absolute atomic E-state index is 8.97. The van der Waals surface area contributed by atoms with Gasteiger partial charge in [0.05, 0.1) is 6.04 Å². The van der Waals surface area contributed by atoms with Gasteiger partial charge in [0.1, 0.15) is 24.7 Å². The zero-order chi connectivity index (χ0) is 13.1. The fourth-order valence-electron chi connectivity index (χ4n) is 2.13. The Hall–Kier alpha value is -2.04. The van der Waals surface area contributed by atoms with E-state index in [0.717, 1.165) is 22.6 Å². The highest BCUT2D eigenvalue weighted by Gasteiger charge is 2.23. The molecule has 2 aromatic carbocycles. The molecule has 0 unspecified atom stereocenters. The third kappa shape index (κ3) is 2.54. The third-order valence-corrected chi connectivity index (χ3v) is 3.17. The van der Waals surface area contributed by atoms with Crippen LogP contribution in [0.1, 0.15) is 17.2 Å². The lowest BCUT2D eigenvalue weighted by Gasteiger charge is -2.08. The van der Waals surface area contributed by atoms with Gasteiger partial charge in [-0.2, -0.15) is 5.48 Å². The number of nitrogens with one attached hydrogen (secondary N) is 1. The molecular weight excluding hydrogens is 242 g/mol. The molecule has 0 radical (unpaired) electrons. The number of rotatable bonds is 4. The topological polar surface area (TPSA) is 50.7 Å². The van der Waals surface area contributed by atoms with E-state index in [2.05, 4.69) is 5.48 Å². The van der Waals surface area contributed by atoms with Gasteiger partial charge in [0.25, 0.3) is 0 Å². The lowest BCUT2D eigenvalue weighted by Crippen LogP contribution is -2.17. The van der Waals surface area contributed by atoms with Gasteiger partial charge in [0.2, 0.25) is 0 Å². The summed E-state index contributed by atoms with van der Waals surface area (Å²) in [6, 6.07) is 15.5. The van der Waals surface area contributed by atoms with E-state index in [0.29, 0.717) is 13.2 Å². The first kappa shape index (κ1) is 12.0. The molecule has 3 rings (SSSR count). The Morgan fingerprint density at radius 1 is 1.21 bits per heavy atom. The highest BCUT2D eigenvalue weighted by atomic mass is 16.5. The summed E-state index contributed by atoms with van der Waals surface area (Å²) in [5.41, 5.74) is 4.31. The number of ether oxygens (including phenoxy) is 2. The second-order valence-corrected chi connectivity index (χ2v) is 4.47. The molecule has 0 saturated heterocycles. The van der Waals surface area contributed by atoms with Gasteiger partial charge in [-0.15, -0.1) is 0 Å². The minimum absolute atomic E-state index is 0.154. The maximum Gasteiger partial charge on any atom is 0.128 e. The summed E-state index contributed by atoms with van der Waals surface area (Å²) in [6.07, 6.45) is 0. The molecule has 19 heavy (non-hydrogen) atoms. The van der Waals surface area contributed by atoms with Crippen LogP contribution in [0.15, 0.2) is 48.5 Å². The normalized spacial score (nSPS) is 16.8. The second kappa shape index (κ2) is 5.30. The molecule has 0 amide bonds. The maximum atomic E-state index is 8.97. The van der Waals surface area contributed by atoms with Crippen molar-refractivity contribution in [2.75, 3.05) is 6.61 Å². The van der Waals surface area contributed by atoms with Gasteiger partial charge in [0.15, 0.2) is 0 Å². The zero-order valence-corrected chi connectivity index (χ0v) is 10.4. The van der Waals surface area contributed by atoms with Crippen molar-refractivity contribution in [3.05, 3.63) is 59.7 Å². The number of benzene rings is 2. The highest BCUT2D eigenvalue weighted by molar-refractivity contribution is 5.44. The lowest BCUT2D eigenvalue weighted by atomic mass is 10.1. The van der Waals surface area contributed by atoms with Crippen molar-refractivity contribution in [1.82, 2.24) is 5.48 Å². The molecule has 1 aliphatic heterocycles. The molecule has 1 atom stereocenters. The summed E-state index contributed by atoms with van der Waals surface area (Å²) in [7, 11) is 0. The molecule has 0 fully saturated rings. The standard InChI is InChI=1S/C15H15NO3/c17-16-14-10-19-15-8-12(6-7-13(14)15)18-9-11-4-2-1-3-5-11/h1-8,14,16-17H,9-10H2/t14-/m1/s1. The second-order valence-electron chi connectivity index (χ2n) is 4.47. The van der Waals surface area contributed by atoms with Crippen LogP contribution in [0.4, 0.5) is 0 Å². The van der Waals surface area contributed by atoms with Crippen LogP contribution in [0, 0.1) is 0 Å². The van der Waals surface area contributed by atoms with Crippen LogP contribution in [0.5, 0.6) is 11.5 Å². The molecular formula is C15H15NO3. The Labute approximate surface area is 111 Å². The lowest BCUT2D eigenvalue weighted by molar-refractivity contribution is 0.113. The van der Waals surface area contributed by atoms with Crippen molar-refractivity contribution in [1.29, 1.82) is 0 Å². The number of hydroxylamine groups is 1. The Bertz CT molecular complexity index is 557. The summed E-state index contributed by atoms with van der Waals surface area (Å²) >= 11 is 0. The molecule has 4 nitrogen and oxygen atoms in total. The average molecular weight is 257 g/mol. The SMILES string of the molecule is ON[C@@H]1COc2cc(OCc3ccccc3)ccc21. The number of fused-ring (bicyclic) bond motifs is 1. The smallest absolute Gasteiger partial charge is 0.128 e. The first-order chi connectivity index (χ1) is 9.36. The molecule has 4 heteroatoms. The van der Waals surface area contributed by atoms with Crippen LogP contribution in [0.2, 0.25) is 0 Å². The van der Waals surface area contributed by atoms with Crippen LogP contribution >= 0.6 is 0 Å². The number of hydrogen-bond donors (Lipinski definition) is 2. The van der Waals surface area contributed by atoms with Crippen molar-refractivity contribution >= 4 is 0 Å². The van der Waals surface area contributed by atoms with Gasteiger partial charge in [-0.05, 0) is 17.7 Å². The zero-order valence-electron chi connectivity index (χ0n) is 10.4. The Morgan fingerprint density at radius 3 is 2.84 bits per heavy atom. The van der Waals surface area contributed by atoms with Crippen molar-refractivity contribution in [2.45, 2.75) is 12.6 Å². The fourth-order valence-corrected chi connectivity index (χ4v) is 2.13. The summed E-state index contributed by atoms with van der Waals surface area (Å²) in [6.45, 7) is 0.968. The van der Waals surface area contributed by atoms with Crippen molar-refractivity contribution in [3.8, 4) is 11.5 Å². The first-order valence-corrected chi connectivity index (χ1v) is 6.20. The third-order valence-electron chi connectivity index (χ3n) is 3.17. The Morgan fingerprint density at radius 2 is 2.05 bits per heavy atom. The van der Waals surface area contributed by atoms with E-state index in [1.54, 1.807) is 0 Å². The van der Waals surface area contributed by atoms with E-state index in [4.69, 9.17) is 14.7 Å². The van der Waals surface area contributed by atoms with Gasteiger partial charge in [-0.25, -0.2) is 0 Å². The molecule has 0 bridgehead atoms.